The van der Waals surface area contributed by atoms with E-state index in [-0.39, 0.29) is 0 Å². The minimum absolute atomic E-state index is 0.671. The molecule has 1 aromatic heterocycles. The van der Waals surface area contributed by atoms with E-state index >= 15 is 0 Å². The quantitative estimate of drug-likeness (QED) is 0.814. The lowest BCUT2D eigenvalue weighted by atomic mass is 10.0. The highest BCUT2D eigenvalue weighted by atomic mass is 16.4. The summed E-state index contributed by atoms with van der Waals surface area (Å²) in [7, 11) is 0. The Hall–Kier alpha value is -1.61. The lowest BCUT2D eigenvalue weighted by molar-refractivity contribution is 0.483. The molecule has 1 aromatic carbocycles. The summed E-state index contributed by atoms with van der Waals surface area (Å²) in [6.45, 7) is 10.6. The van der Waals surface area contributed by atoms with Gasteiger partial charge in [-0.2, -0.15) is 0 Å². The topological polar surface area (TPSA) is 38.1 Å². The molecule has 3 heteroatoms. The van der Waals surface area contributed by atoms with Crippen LogP contribution in [0.1, 0.15) is 30.9 Å². The van der Waals surface area contributed by atoms with E-state index in [1.54, 1.807) is 0 Å². The van der Waals surface area contributed by atoms with Gasteiger partial charge in [-0.25, -0.2) is 4.98 Å². The number of oxazole rings is 1. The molecule has 0 radical (unpaired) electrons. The Balaban J connectivity index is 2.00. The summed E-state index contributed by atoms with van der Waals surface area (Å²) < 4.78 is 5.86. The number of nitrogens with one attached hydrogen (secondary N) is 1. The van der Waals surface area contributed by atoms with Gasteiger partial charge < -0.3 is 9.73 Å². The van der Waals surface area contributed by atoms with Gasteiger partial charge in [0.2, 0.25) is 0 Å². The van der Waals surface area contributed by atoms with Gasteiger partial charge in [0.1, 0.15) is 0 Å². The van der Waals surface area contributed by atoms with Crippen molar-refractivity contribution in [2.24, 2.45) is 5.92 Å². The minimum Gasteiger partial charge on any atom is -0.441 e. The molecule has 1 N–H and O–H groups in total. The van der Waals surface area contributed by atoms with Crippen LogP contribution in [0.15, 0.2) is 28.8 Å². The van der Waals surface area contributed by atoms with Crippen molar-refractivity contribution in [3.05, 3.63) is 41.4 Å². The van der Waals surface area contributed by atoms with Gasteiger partial charge in [0.05, 0.1) is 6.20 Å². The predicted octanol–water partition coefficient (Wildman–Crippen LogP) is 3.75. The van der Waals surface area contributed by atoms with Gasteiger partial charge in [-0.3, -0.25) is 0 Å². The van der Waals surface area contributed by atoms with Crippen molar-refractivity contribution in [1.29, 1.82) is 0 Å². The van der Waals surface area contributed by atoms with Crippen LogP contribution in [0.3, 0.4) is 0 Å². The number of aryl methyl sites for hydroxylation is 1. The molecule has 0 fully saturated rings. The molecule has 0 unspecified atom stereocenters. The van der Waals surface area contributed by atoms with E-state index in [0.29, 0.717) is 5.92 Å². The molecule has 0 aliphatic rings. The Morgan fingerprint density at radius 2 is 2.05 bits per heavy atom. The van der Waals surface area contributed by atoms with Crippen LogP contribution in [0.25, 0.3) is 11.3 Å². The van der Waals surface area contributed by atoms with Crippen LogP contribution in [0.5, 0.6) is 0 Å². The number of benzene rings is 1. The molecule has 20 heavy (non-hydrogen) atoms. The van der Waals surface area contributed by atoms with Gasteiger partial charge in [0.25, 0.3) is 0 Å². The normalized spacial score (nSPS) is 11.2. The molecular weight excluding hydrogens is 248 g/mol. The van der Waals surface area contributed by atoms with Gasteiger partial charge in [-0.05, 0) is 37.4 Å². The molecule has 1 heterocycles. The van der Waals surface area contributed by atoms with Crippen molar-refractivity contribution in [3.63, 3.8) is 0 Å². The molecule has 0 spiro atoms. The molecule has 0 aliphatic carbocycles. The molecule has 0 bridgehead atoms. The third-order valence-electron chi connectivity index (χ3n) is 3.49. The second-order valence-corrected chi connectivity index (χ2v) is 5.71. The predicted molar refractivity (Wildman–Crippen MR) is 82.8 cm³/mol. The first-order valence-electron chi connectivity index (χ1n) is 7.30. The van der Waals surface area contributed by atoms with Gasteiger partial charge in [-0.1, -0.05) is 32.0 Å². The first-order valence-corrected chi connectivity index (χ1v) is 7.30. The third kappa shape index (κ3) is 3.70. The maximum atomic E-state index is 5.86. The van der Waals surface area contributed by atoms with E-state index in [1.807, 2.05) is 6.20 Å². The first-order chi connectivity index (χ1) is 9.58. The van der Waals surface area contributed by atoms with E-state index in [2.05, 4.69) is 56.2 Å². The Kier molecular flexibility index (Phi) is 4.96. The second kappa shape index (κ2) is 6.71. The molecule has 2 aromatic rings. The Labute approximate surface area is 121 Å². The molecule has 0 saturated heterocycles. The van der Waals surface area contributed by atoms with Gasteiger partial charge in [0.15, 0.2) is 11.7 Å². The molecule has 0 amide bonds. The van der Waals surface area contributed by atoms with Crippen molar-refractivity contribution in [2.45, 2.75) is 34.1 Å². The van der Waals surface area contributed by atoms with Crippen molar-refractivity contribution in [3.8, 4) is 11.3 Å². The SMILES string of the molecule is Cc1cccc(-c2cnc(CCNCC(C)C)o2)c1C. The van der Waals surface area contributed by atoms with Crippen molar-refractivity contribution < 1.29 is 4.42 Å². The van der Waals surface area contributed by atoms with Crippen molar-refractivity contribution >= 4 is 0 Å². The number of rotatable bonds is 6. The summed E-state index contributed by atoms with van der Waals surface area (Å²) in [5, 5.41) is 3.40. The summed E-state index contributed by atoms with van der Waals surface area (Å²) in [6, 6.07) is 6.26. The largest absolute Gasteiger partial charge is 0.441 e. The van der Waals surface area contributed by atoms with E-state index in [0.717, 1.165) is 36.7 Å². The molecule has 0 saturated carbocycles. The van der Waals surface area contributed by atoms with Crippen LogP contribution >= 0.6 is 0 Å². The zero-order valence-electron chi connectivity index (χ0n) is 12.9. The average molecular weight is 272 g/mol. The van der Waals surface area contributed by atoms with Crippen LogP contribution in [0.4, 0.5) is 0 Å². The van der Waals surface area contributed by atoms with Crippen molar-refractivity contribution in [1.82, 2.24) is 10.3 Å². The number of aromatic nitrogens is 1. The summed E-state index contributed by atoms with van der Waals surface area (Å²) in [5.74, 6) is 2.34. The van der Waals surface area contributed by atoms with Crippen LogP contribution < -0.4 is 5.32 Å². The van der Waals surface area contributed by atoms with E-state index < -0.39 is 0 Å². The Morgan fingerprint density at radius 3 is 2.80 bits per heavy atom. The van der Waals surface area contributed by atoms with Gasteiger partial charge in [-0.15, -0.1) is 0 Å². The standard InChI is InChI=1S/C17H24N2O/c1-12(2)10-18-9-8-17-19-11-16(20-17)15-7-5-6-13(3)14(15)4/h5-7,11-12,18H,8-10H2,1-4H3. The van der Waals surface area contributed by atoms with Crippen LogP contribution in [0, 0.1) is 19.8 Å². The monoisotopic (exact) mass is 272 g/mol. The zero-order chi connectivity index (χ0) is 14.5. The second-order valence-electron chi connectivity index (χ2n) is 5.71. The van der Waals surface area contributed by atoms with E-state index in [4.69, 9.17) is 4.42 Å². The summed E-state index contributed by atoms with van der Waals surface area (Å²) in [6.07, 6.45) is 2.66. The minimum atomic E-state index is 0.671. The van der Waals surface area contributed by atoms with Crippen LogP contribution in [0.2, 0.25) is 0 Å². The Bertz CT molecular complexity index is 558. The fourth-order valence-corrected chi connectivity index (χ4v) is 2.15. The molecule has 3 nitrogen and oxygen atoms in total. The number of hydrogen-bond donors (Lipinski definition) is 1. The van der Waals surface area contributed by atoms with Crippen LogP contribution in [-0.2, 0) is 6.42 Å². The number of hydrogen-bond acceptors (Lipinski definition) is 3. The molecule has 0 atom stereocenters. The highest BCUT2D eigenvalue weighted by Crippen LogP contribution is 2.26. The summed E-state index contributed by atoms with van der Waals surface area (Å²) >= 11 is 0. The summed E-state index contributed by atoms with van der Waals surface area (Å²) in [5.41, 5.74) is 3.67. The van der Waals surface area contributed by atoms with E-state index in [1.165, 1.54) is 11.1 Å². The van der Waals surface area contributed by atoms with Crippen LogP contribution in [-0.4, -0.2) is 18.1 Å². The lowest BCUT2D eigenvalue weighted by Crippen LogP contribution is -2.22. The fraction of sp³-hybridized carbons (Fsp3) is 0.471. The molecule has 0 aliphatic heterocycles. The third-order valence-corrected chi connectivity index (χ3v) is 3.49. The maximum Gasteiger partial charge on any atom is 0.196 e. The number of nitrogens with zero attached hydrogens (tertiary/aromatic N) is 1. The smallest absolute Gasteiger partial charge is 0.196 e. The van der Waals surface area contributed by atoms with Gasteiger partial charge in [0, 0.05) is 18.5 Å². The molecule has 108 valence electrons. The zero-order valence-corrected chi connectivity index (χ0v) is 12.9. The first kappa shape index (κ1) is 14.8. The average Bonchev–Trinajstić information content (AvgIpc) is 2.86. The fourth-order valence-electron chi connectivity index (χ4n) is 2.15. The molecule has 2 rings (SSSR count). The van der Waals surface area contributed by atoms with Gasteiger partial charge >= 0.3 is 0 Å². The summed E-state index contributed by atoms with van der Waals surface area (Å²) in [4.78, 5) is 4.37. The van der Waals surface area contributed by atoms with Crippen molar-refractivity contribution in [2.75, 3.05) is 13.1 Å². The van der Waals surface area contributed by atoms with E-state index in [9.17, 15) is 0 Å². The maximum absolute atomic E-state index is 5.86. The highest BCUT2D eigenvalue weighted by Gasteiger charge is 2.09. The lowest BCUT2D eigenvalue weighted by Gasteiger charge is -2.06. The Morgan fingerprint density at radius 1 is 1.25 bits per heavy atom. The highest BCUT2D eigenvalue weighted by molar-refractivity contribution is 5.62. The molecular formula is C17H24N2O.